The second-order valence-corrected chi connectivity index (χ2v) is 11.0. The van der Waals surface area contributed by atoms with Crippen LogP contribution in [0.25, 0.3) is 0 Å². The van der Waals surface area contributed by atoms with E-state index in [-0.39, 0.29) is 40.8 Å². The average molecular weight is 419 g/mol. The van der Waals surface area contributed by atoms with Gasteiger partial charge in [-0.3, -0.25) is 9.59 Å². The molecule has 6 nitrogen and oxygen atoms in total. The molecule has 0 amide bonds. The Balaban J connectivity index is 1.47. The van der Waals surface area contributed by atoms with Gasteiger partial charge in [-0.1, -0.05) is 19.4 Å². The molecule has 4 fully saturated rings. The minimum absolute atomic E-state index is 0.0696. The summed E-state index contributed by atoms with van der Waals surface area (Å²) in [4.78, 5) is 25.4. The lowest BCUT2D eigenvalue weighted by atomic mass is 9.45. The Kier molecular flexibility index (Phi) is 4.65. The van der Waals surface area contributed by atoms with E-state index in [1.165, 1.54) is 5.57 Å². The molecule has 5 aliphatic rings. The quantitative estimate of drug-likeness (QED) is 0.716. The Hall–Kier alpha value is -1.08. The summed E-state index contributed by atoms with van der Waals surface area (Å²) in [6, 6.07) is 0. The predicted octanol–water partition coefficient (Wildman–Crippen LogP) is 2.55. The normalized spacial score (nSPS) is 53.0. The van der Waals surface area contributed by atoms with Gasteiger partial charge in [0, 0.05) is 11.8 Å². The highest BCUT2D eigenvalue weighted by Crippen LogP contribution is 2.67. The number of rotatable bonds is 2. The lowest BCUT2D eigenvalue weighted by Gasteiger charge is -2.60. The molecule has 1 heterocycles. The van der Waals surface area contributed by atoms with E-state index in [0.717, 1.165) is 25.7 Å². The zero-order valence-electron chi connectivity index (χ0n) is 18.2. The molecule has 0 aromatic carbocycles. The first-order valence-electron chi connectivity index (χ1n) is 11.6. The fraction of sp³-hybridized carbons (Fsp3) is 0.833. The molecule has 6 heteroatoms. The average Bonchev–Trinajstić information content (AvgIpc) is 3.23. The van der Waals surface area contributed by atoms with E-state index < -0.39 is 23.4 Å². The van der Waals surface area contributed by atoms with Crippen LogP contribution in [0.4, 0.5) is 0 Å². The number of fused-ring (bicyclic) bond motifs is 5. The summed E-state index contributed by atoms with van der Waals surface area (Å²) >= 11 is 0. The van der Waals surface area contributed by atoms with Crippen LogP contribution in [0, 0.1) is 28.6 Å². The molecule has 30 heavy (non-hydrogen) atoms. The van der Waals surface area contributed by atoms with Gasteiger partial charge in [0.1, 0.15) is 5.60 Å². The van der Waals surface area contributed by atoms with Crippen LogP contribution in [0.15, 0.2) is 11.6 Å². The topological polar surface area (TPSA) is 93.1 Å². The molecule has 3 saturated carbocycles. The predicted molar refractivity (Wildman–Crippen MR) is 108 cm³/mol. The van der Waals surface area contributed by atoms with Gasteiger partial charge in [-0.15, -0.1) is 0 Å². The molecule has 0 aromatic rings. The number of carbonyl (C=O) groups is 2. The summed E-state index contributed by atoms with van der Waals surface area (Å²) in [7, 11) is 0. The third kappa shape index (κ3) is 2.63. The minimum atomic E-state index is -1.54. The second-order valence-electron chi connectivity index (χ2n) is 11.0. The van der Waals surface area contributed by atoms with Crippen LogP contribution in [0.5, 0.6) is 0 Å². The fourth-order valence-electron chi connectivity index (χ4n) is 7.94. The highest BCUT2D eigenvalue weighted by Gasteiger charge is 2.69. The van der Waals surface area contributed by atoms with Crippen molar-refractivity contribution in [3.8, 4) is 0 Å². The molecule has 1 saturated heterocycles. The zero-order chi connectivity index (χ0) is 21.5. The summed E-state index contributed by atoms with van der Waals surface area (Å²) in [5.74, 6) is 0.283. The van der Waals surface area contributed by atoms with Gasteiger partial charge in [-0.05, 0) is 74.7 Å². The Morgan fingerprint density at radius 1 is 1.20 bits per heavy atom. The first kappa shape index (κ1) is 20.8. The molecular weight excluding hydrogens is 384 g/mol. The molecule has 166 valence electrons. The minimum Gasteiger partial charge on any atom is -0.393 e. The molecule has 4 aliphatic carbocycles. The maximum Gasteiger partial charge on any atom is 0.221 e. The molecule has 1 aliphatic heterocycles. The van der Waals surface area contributed by atoms with E-state index in [1.807, 2.05) is 19.9 Å². The van der Waals surface area contributed by atoms with E-state index in [9.17, 15) is 19.8 Å². The molecule has 9 atom stereocenters. The van der Waals surface area contributed by atoms with Crippen molar-refractivity contribution in [1.82, 2.24) is 0 Å². The molecule has 0 spiro atoms. The molecule has 5 rings (SSSR count). The lowest BCUT2D eigenvalue weighted by molar-refractivity contribution is -0.197. The van der Waals surface area contributed by atoms with Crippen molar-refractivity contribution in [1.29, 1.82) is 0 Å². The highest BCUT2D eigenvalue weighted by atomic mass is 16.7. The fourth-order valence-corrected chi connectivity index (χ4v) is 7.94. The van der Waals surface area contributed by atoms with Gasteiger partial charge in [0.25, 0.3) is 0 Å². The Morgan fingerprint density at radius 3 is 2.67 bits per heavy atom. The van der Waals surface area contributed by atoms with Gasteiger partial charge in [0.15, 0.2) is 5.78 Å². The van der Waals surface area contributed by atoms with E-state index in [2.05, 4.69) is 6.92 Å². The van der Waals surface area contributed by atoms with E-state index in [4.69, 9.17) is 9.47 Å². The van der Waals surface area contributed by atoms with Crippen LogP contribution >= 0.6 is 0 Å². The third-order valence-corrected chi connectivity index (χ3v) is 9.51. The molecule has 3 unspecified atom stereocenters. The highest BCUT2D eigenvalue weighted by molar-refractivity contribution is 5.92. The van der Waals surface area contributed by atoms with Gasteiger partial charge in [-0.2, -0.15) is 0 Å². The Morgan fingerprint density at radius 2 is 1.97 bits per heavy atom. The van der Waals surface area contributed by atoms with Crippen molar-refractivity contribution in [2.24, 2.45) is 28.6 Å². The molecule has 2 N–H and O–H groups in total. The SMILES string of the molecule is CC1COC(C(=O)[C@@]2(O)CC[C@H]3C4CCC5=CC(=O)CC[C@]5(C)[C@H]4[C@@H](O)C[C@@]32C)O1. The first-order chi connectivity index (χ1) is 14.1. The van der Waals surface area contributed by atoms with Crippen LogP contribution in [0.2, 0.25) is 0 Å². The number of aliphatic hydroxyl groups excluding tert-OH is 1. The molecule has 0 radical (unpaired) electrons. The van der Waals surface area contributed by atoms with Gasteiger partial charge >= 0.3 is 0 Å². The smallest absolute Gasteiger partial charge is 0.221 e. The van der Waals surface area contributed by atoms with Crippen LogP contribution in [0.3, 0.4) is 0 Å². The number of hydrogen-bond acceptors (Lipinski definition) is 6. The van der Waals surface area contributed by atoms with Crippen molar-refractivity contribution >= 4 is 11.6 Å². The van der Waals surface area contributed by atoms with Crippen LogP contribution in [-0.2, 0) is 19.1 Å². The Labute approximate surface area is 178 Å². The second kappa shape index (κ2) is 6.71. The summed E-state index contributed by atoms with van der Waals surface area (Å²) in [5.41, 5.74) is -1.23. The summed E-state index contributed by atoms with van der Waals surface area (Å²) in [6.45, 7) is 6.40. The van der Waals surface area contributed by atoms with Gasteiger partial charge in [0.2, 0.25) is 12.1 Å². The Bertz CT molecular complexity index is 806. The van der Waals surface area contributed by atoms with Crippen molar-refractivity contribution < 1.29 is 29.3 Å². The molecule has 0 bridgehead atoms. The maximum atomic E-state index is 13.3. The largest absolute Gasteiger partial charge is 0.393 e. The van der Waals surface area contributed by atoms with Crippen molar-refractivity contribution in [2.75, 3.05) is 6.61 Å². The first-order valence-corrected chi connectivity index (χ1v) is 11.6. The van der Waals surface area contributed by atoms with Gasteiger partial charge in [-0.25, -0.2) is 0 Å². The standard InChI is InChI=1S/C24H34O6/c1-13-12-29-21(30-13)20(27)24(28)9-7-17-16-5-4-14-10-15(25)6-8-22(14,2)19(16)18(26)11-23(17,24)3/h10,13,16-19,21,26,28H,4-9,11-12H2,1-3H3/t13?,16?,17-,18-,19+,21?,22-,23-,24-/m0/s1. The van der Waals surface area contributed by atoms with Crippen LogP contribution in [-0.4, -0.2) is 52.5 Å². The number of Topliss-reactive ketones (excluding diaryl/α,β-unsaturated/α-hetero) is 1. The van der Waals surface area contributed by atoms with Crippen molar-refractivity contribution in [3.05, 3.63) is 11.6 Å². The maximum absolute atomic E-state index is 13.3. The number of aliphatic hydroxyl groups is 2. The summed E-state index contributed by atoms with van der Waals surface area (Å²) in [6.07, 6.45) is 4.66. The number of ketones is 2. The lowest BCUT2D eigenvalue weighted by Crippen LogP contribution is -2.63. The van der Waals surface area contributed by atoms with E-state index in [1.54, 1.807) is 0 Å². The van der Waals surface area contributed by atoms with Gasteiger partial charge in [0.05, 0.1) is 18.8 Å². The molecule has 0 aromatic heterocycles. The number of hydrogen-bond donors (Lipinski definition) is 2. The summed E-state index contributed by atoms with van der Waals surface area (Å²) < 4.78 is 11.1. The zero-order valence-corrected chi connectivity index (χ0v) is 18.2. The number of carbonyl (C=O) groups excluding carboxylic acids is 2. The van der Waals surface area contributed by atoms with E-state index >= 15 is 0 Å². The number of ether oxygens (including phenoxy) is 2. The number of allylic oxidation sites excluding steroid dienone is 1. The van der Waals surface area contributed by atoms with Crippen LogP contribution < -0.4 is 0 Å². The van der Waals surface area contributed by atoms with E-state index in [0.29, 0.717) is 25.9 Å². The van der Waals surface area contributed by atoms with Crippen LogP contribution in [0.1, 0.15) is 65.7 Å². The van der Waals surface area contributed by atoms with Gasteiger partial charge < -0.3 is 19.7 Å². The van der Waals surface area contributed by atoms with Crippen molar-refractivity contribution in [2.45, 2.75) is 89.8 Å². The van der Waals surface area contributed by atoms with Crippen molar-refractivity contribution in [3.63, 3.8) is 0 Å². The summed E-state index contributed by atoms with van der Waals surface area (Å²) in [5, 5.41) is 23.1. The third-order valence-electron chi connectivity index (χ3n) is 9.51. The monoisotopic (exact) mass is 418 g/mol. The molecular formula is C24H34O6.